The molecular formula is C26H32N6O3. The molecule has 2 saturated heterocycles. The molecule has 0 bridgehead atoms. The third-order valence-corrected chi connectivity index (χ3v) is 7.15. The van der Waals surface area contributed by atoms with Crippen LogP contribution in [0.15, 0.2) is 42.7 Å². The van der Waals surface area contributed by atoms with Crippen LogP contribution in [0, 0.1) is 0 Å². The predicted molar refractivity (Wildman–Crippen MR) is 132 cm³/mol. The molecule has 2 aromatic carbocycles. The Morgan fingerprint density at radius 1 is 0.886 bits per heavy atom. The summed E-state index contributed by atoms with van der Waals surface area (Å²) in [5, 5.41) is 11.6. The minimum Gasteiger partial charge on any atom is -0.493 e. The summed E-state index contributed by atoms with van der Waals surface area (Å²) in [7, 11) is 3.22. The Bertz CT molecular complexity index is 1150. The van der Waals surface area contributed by atoms with E-state index >= 15 is 0 Å². The summed E-state index contributed by atoms with van der Waals surface area (Å²) >= 11 is 0. The lowest BCUT2D eigenvalue weighted by atomic mass is 9.98. The van der Waals surface area contributed by atoms with Crippen LogP contribution in [0.2, 0.25) is 0 Å². The zero-order chi connectivity index (χ0) is 24.2. The fourth-order valence-electron chi connectivity index (χ4n) is 5.23. The van der Waals surface area contributed by atoms with Gasteiger partial charge < -0.3 is 19.3 Å². The van der Waals surface area contributed by atoms with Crippen molar-refractivity contribution in [1.82, 2.24) is 30.0 Å². The fourth-order valence-corrected chi connectivity index (χ4v) is 5.23. The van der Waals surface area contributed by atoms with E-state index in [1.807, 2.05) is 41.3 Å². The Balaban J connectivity index is 1.41. The number of benzene rings is 2. The number of tetrazole rings is 1. The van der Waals surface area contributed by atoms with Crippen LogP contribution in [0.5, 0.6) is 11.5 Å². The third kappa shape index (κ3) is 5.00. The minimum atomic E-state index is 0.0405. The smallest absolute Gasteiger partial charge is 0.253 e. The summed E-state index contributed by atoms with van der Waals surface area (Å²) in [5.41, 5.74) is 3.15. The number of rotatable bonds is 6. The third-order valence-electron chi connectivity index (χ3n) is 7.15. The van der Waals surface area contributed by atoms with Crippen LogP contribution in [0.3, 0.4) is 0 Å². The maximum absolute atomic E-state index is 13.6. The van der Waals surface area contributed by atoms with Crippen LogP contribution in [-0.4, -0.2) is 82.4 Å². The highest BCUT2D eigenvalue weighted by Crippen LogP contribution is 2.34. The standard InChI is InChI=1S/C26H32N6O3/c1-34-24-7-6-19(17-25(24)35-2)20-14-21(16-23(15-20)32-18-27-28-29-32)26(33)31-12-8-22(9-13-31)30-10-4-3-5-11-30/h6-7,14-18,22H,3-5,8-13H2,1-2H3. The number of carbonyl (C=O) groups excluding carboxylic acids is 1. The van der Waals surface area contributed by atoms with Crippen LogP contribution in [-0.2, 0) is 0 Å². The molecule has 2 aliphatic rings. The van der Waals surface area contributed by atoms with E-state index in [1.54, 1.807) is 18.9 Å². The van der Waals surface area contributed by atoms with Gasteiger partial charge in [-0.25, -0.2) is 4.68 Å². The van der Waals surface area contributed by atoms with Crippen molar-refractivity contribution in [3.8, 4) is 28.3 Å². The van der Waals surface area contributed by atoms with Gasteiger partial charge >= 0.3 is 0 Å². The number of hydrogen-bond donors (Lipinski definition) is 0. The topological polar surface area (TPSA) is 85.6 Å². The predicted octanol–water partition coefficient (Wildman–Crippen LogP) is 3.44. The number of ether oxygens (including phenoxy) is 2. The van der Waals surface area contributed by atoms with E-state index < -0.39 is 0 Å². The highest BCUT2D eigenvalue weighted by atomic mass is 16.5. The van der Waals surface area contributed by atoms with Gasteiger partial charge in [0, 0.05) is 24.7 Å². The lowest BCUT2D eigenvalue weighted by molar-refractivity contribution is 0.0590. The van der Waals surface area contributed by atoms with Gasteiger partial charge in [-0.1, -0.05) is 12.5 Å². The zero-order valence-electron chi connectivity index (χ0n) is 20.4. The molecule has 0 unspecified atom stereocenters. The number of likely N-dealkylation sites (tertiary alicyclic amines) is 2. The lowest BCUT2D eigenvalue weighted by Gasteiger charge is -2.40. The first kappa shape index (κ1) is 23.3. The quantitative estimate of drug-likeness (QED) is 0.539. The average molecular weight is 477 g/mol. The first-order valence-corrected chi connectivity index (χ1v) is 12.3. The Kier molecular flexibility index (Phi) is 6.94. The molecule has 0 spiro atoms. The first-order chi connectivity index (χ1) is 17.2. The van der Waals surface area contributed by atoms with Crippen molar-refractivity contribution in [3.63, 3.8) is 0 Å². The Hall–Kier alpha value is -3.46. The fraction of sp³-hybridized carbons (Fsp3) is 0.462. The highest BCUT2D eigenvalue weighted by Gasteiger charge is 2.28. The zero-order valence-corrected chi connectivity index (χ0v) is 20.4. The maximum Gasteiger partial charge on any atom is 0.253 e. The second-order valence-electron chi connectivity index (χ2n) is 9.21. The van der Waals surface area contributed by atoms with E-state index in [4.69, 9.17) is 9.47 Å². The van der Waals surface area contributed by atoms with Crippen LogP contribution >= 0.6 is 0 Å². The first-order valence-electron chi connectivity index (χ1n) is 12.3. The molecule has 1 amide bonds. The number of hydrogen-bond acceptors (Lipinski definition) is 7. The Morgan fingerprint density at radius 3 is 2.34 bits per heavy atom. The van der Waals surface area contributed by atoms with Gasteiger partial charge in [0.05, 0.1) is 19.9 Å². The SMILES string of the molecule is COc1ccc(-c2cc(C(=O)N3CCC(N4CCCCC4)CC3)cc(-n3cnnn3)c2)cc1OC. The molecule has 0 radical (unpaired) electrons. The number of aromatic nitrogens is 4. The molecule has 3 aromatic rings. The van der Waals surface area contributed by atoms with Gasteiger partial charge in [0.25, 0.3) is 5.91 Å². The van der Waals surface area contributed by atoms with Crippen molar-refractivity contribution >= 4 is 5.91 Å². The van der Waals surface area contributed by atoms with E-state index in [1.165, 1.54) is 38.7 Å². The molecule has 5 rings (SSSR count). The second kappa shape index (κ2) is 10.4. The van der Waals surface area contributed by atoms with Crippen LogP contribution < -0.4 is 9.47 Å². The summed E-state index contributed by atoms with van der Waals surface area (Å²) < 4.78 is 12.4. The second-order valence-corrected chi connectivity index (χ2v) is 9.21. The molecule has 35 heavy (non-hydrogen) atoms. The van der Waals surface area contributed by atoms with Gasteiger partial charge in [0.15, 0.2) is 11.5 Å². The monoisotopic (exact) mass is 476 g/mol. The normalized spacial score (nSPS) is 17.4. The molecule has 9 nitrogen and oxygen atoms in total. The van der Waals surface area contributed by atoms with E-state index in [9.17, 15) is 4.79 Å². The molecule has 0 N–H and O–H groups in total. The molecule has 2 aliphatic heterocycles. The molecule has 9 heteroatoms. The van der Waals surface area contributed by atoms with Crippen molar-refractivity contribution < 1.29 is 14.3 Å². The van der Waals surface area contributed by atoms with Crippen LogP contribution in [0.4, 0.5) is 0 Å². The summed E-state index contributed by atoms with van der Waals surface area (Å²) in [6.45, 7) is 3.95. The number of piperidine rings is 2. The summed E-state index contributed by atoms with van der Waals surface area (Å²) in [6, 6.07) is 12.1. The molecular weight excluding hydrogens is 444 g/mol. The number of methoxy groups -OCH3 is 2. The highest BCUT2D eigenvalue weighted by molar-refractivity contribution is 5.96. The Morgan fingerprint density at radius 2 is 1.66 bits per heavy atom. The summed E-state index contributed by atoms with van der Waals surface area (Å²) in [4.78, 5) is 18.2. The van der Waals surface area contributed by atoms with Gasteiger partial charge in [0.1, 0.15) is 6.33 Å². The van der Waals surface area contributed by atoms with Crippen molar-refractivity contribution in [1.29, 1.82) is 0 Å². The van der Waals surface area contributed by atoms with E-state index in [-0.39, 0.29) is 5.91 Å². The van der Waals surface area contributed by atoms with Gasteiger partial charge in [0.2, 0.25) is 0 Å². The minimum absolute atomic E-state index is 0.0405. The van der Waals surface area contributed by atoms with Gasteiger partial charge in [-0.3, -0.25) is 4.79 Å². The van der Waals surface area contributed by atoms with E-state index in [0.717, 1.165) is 42.7 Å². The largest absolute Gasteiger partial charge is 0.493 e. The van der Waals surface area contributed by atoms with Gasteiger partial charge in [-0.2, -0.15) is 0 Å². The number of nitrogens with zero attached hydrogens (tertiary/aromatic N) is 6. The van der Waals surface area contributed by atoms with Crippen LogP contribution in [0.1, 0.15) is 42.5 Å². The molecule has 184 valence electrons. The van der Waals surface area contributed by atoms with Crippen molar-refractivity contribution in [2.75, 3.05) is 40.4 Å². The molecule has 3 heterocycles. The van der Waals surface area contributed by atoms with E-state index in [0.29, 0.717) is 23.1 Å². The van der Waals surface area contributed by atoms with Gasteiger partial charge in [-0.05, 0) is 90.7 Å². The molecule has 0 atom stereocenters. The number of carbonyl (C=O) groups is 1. The summed E-state index contributed by atoms with van der Waals surface area (Å²) in [6.07, 6.45) is 7.52. The lowest BCUT2D eigenvalue weighted by Crippen LogP contribution is -2.48. The summed E-state index contributed by atoms with van der Waals surface area (Å²) in [5.74, 6) is 1.32. The van der Waals surface area contributed by atoms with E-state index in [2.05, 4.69) is 20.4 Å². The molecule has 0 aliphatic carbocycles. The van der Waals surface area contributed by atoms with Crippen molar-refractivity contribution in [3.05, 3.63) is 48.3 Å². The number of amides is 1. The maximum atomic E-state index is 13.6. The van der Waals surface area contributed by atoms with Gasteiger partial charge in [-0.15, -0.1) is 5.10 Å². The van der Waals surface area contributed by atoms with Crippen molar-refractivity contribution in [2.24, 2.45) is 0 Å². The molecule has 1 aromatic heterocycles. The molecule has 0 saturated carbocycles. The van der Waals surface area contributed by atoms with Crippen LogP contribution in [0.25, 0.3) is 16.8 Å². The van der Waals surface area contributed by atoms with Crippen molar-refractivity contribution in [2.45, 2.75) is 38.1 Å². The Labute approximate surface area is 205 Å². The molecule has 2 fully saturated rings. The average Bonchev–Trinajstić information content (AvgIpc) is 3.48.